The van der Waals surface area contributed by atoms with E-state index in [4.69, 9.17) is 33.2 Å². The molecule has 0 aliphatic carbocycles. The Bertz CT molecular complexity index is 1040. The summed E-state index contributed by atoms with van der Waals surface area (Å²) in [7, 11) is 1.25. The van der Waals surface area contributed by atoms with Gasteiger partial charge in [0.05, 0.1) is 13.7 Å². The average Bonchev–Trinajstić information content (AvgIpc) is 2.91. The highest BCUT2D eigenvalue weighted by Gasteiger charge is 2.25. The van der Waals surface area contributed by atoms with Gasteiger partial charge >= 0.3 is 24.4 Å². The summed E-state index contributed by atoms with van der Waals surface area (Å²) in [6, 6.07) is 3.64. The summed E-state index contributed by atoms with van der Waals surface area (Å²) in [4.78, 5) is 49.4. The first-order chi connectivity index (χ1) is 20.1. The number of carbonyl (C=O) groups is 4. The van der Waals surface area contributed by atoms with Crippen molar-refractivity contribution >= 4 is 24.4 Å². The Hall–Kier alpha value is -3.54. The van der Waals surface area contributed by atoms with E-state index < -0.39 is 48.8 Å². The lowest BCUT2D eigenvalue weighted by Crippen LogP contribution is -2.43. The number of benzene rings is 1. The monoisotopic (exact) mass is 611 g/mol. The Morgan fingerprint density at radius 2 is 1.30 bits per heavy atom. The highest BCUT2D eigenvalue weighted by atomic mass is 16.8. The van der Waals surface area contributed by atoms with Crippen molar-refractivity contribution in [2.75, 3.05) is 20.3 Å². The molecule has 12 heteroatoms. The van der Waals surface area contributed by atoms with Crippen LogP contribution in [0.15, 0.2) is 18.2 Å². The quantitative estimate of drug-likeness (QED) is 0.132. The molecule has 244 valence electrons. The van der Waals surface area contributed by atoms with Crippen LogP contribution in [0.5, 0.6) is 11.5 Å². The van der Waals surface area contributed by atoms with E-state index in [1.54, 1.807) is 26.8 Å². The summed E-state index contributed by atoms with van der Waals surface area (Å²) >= 11 is 0. The van der Waals surface area contributed by atoms with Gasteiger partial charge in [-0.15, -0.1) is 0 Å². The molecule has 4 atom stereocenters. The van der Waals surface area contributed by atoms with E-state index >= 15 is 0 Å². The summed E-state index contributed by atoms with van der Waals surface area (Å²) in [5.41, 5.74) is 0.542. The average molecular weight is 612 g/mol. The zero-order valence-electron chi connectivity index (χ0n) is 27.1. The van der Waals surface area contributed by atoms with Gasteiger partial charge in [0.2, 0.25) is 0 Å². The number of hydrogen-bond acceptors (Lipinski definition) is 12. The first-order valence-electron chi connectivity index (χ1n) is 14.7. The second-order valence-electron chi connectivity index (χ2n) is 11.5. The van der Waals surface area contributed by atoms with Gasteiger partial charge in [-0.05, 0) is 69.1 Å². The Kier molecular flexibility index (Phi) is 16.5. The molecule has 0 saturated carbocycles. The number of nitrogens with one attached hydrogen (secondary N) is 1. The van der Waals surface area contributed by atoms with E-state index in [9.17, 15) is 19.2 Å². The molecule has 43 heavy (non-hydrogen) atoms. The van der Waals surface area contributed by atoms with Crippen LogP contribution in [0.2, 0.25) is 0 Å². The van der Waals surface area contributed by atoms with Gasteiger partial charge in [0.15, 0.2) is 11.5 Å². The molecular formula is C31H49NO11. The fourth-order valence-electron chi connectivity index (χ4n) is 3.19. The lowest BCUT2D eigenvalue weighted by molar-refractivity contribution is -0.143. The van der Waals surface area contributed by atoms with Gasteiger partial charge in [-0.2, -0.15) is 0 Å². The van der Waals surface area contributed by atoms with Gasteiger partial charge in [0, 0.05) is 6.54 Å². The lowest BCUT2D eigenvalue weighted by atomic mass is 10.0. The molecule has 0 amide bonds. The molecule has 0 saturated heterocycles. The first kappa shape index (κ1) is 37.5. The highest BCUT2D eigenvalue weighted by molar-refractivity contribution is 5.76. The maximum absolute atomic E-state index is 12.6. The smallest absolute Gasteiger partial charge is 0.468 e. The standard InChI is InChI=1S/C31H49NO11/c1-18(2)13-14-38-29(34)39-21(7)17-32-25(28(33)37-10)15-24-11-12-26(42-30(35)40-22(8)19(3)4)27(16-24)43-31(36)41-23(9)20(5)6/h11-12,16,18-23,25,32H,13-15,17H2,1-10H3/t21?,22?,23?,25-/m0/s1. The van der Waals surface area contributed by atoms with Gasteiger partial charge < -0.3 is 38.5 Å². The van der Waals surface area contributed by atoms with Gasteiger partial charge in [0.25, 0.3) is 0 Å². The molecule has 1 rings (SSSR count). The van der Waals surface area contributed by atoms with E-state index in [0.29, 0.717) is 17.9 Å². The number of rotatable bonds is 16. The zero-order chi connectivity index (χ0) is 32.7. The van der Waals surface area contributed by atoms with Crippen LogP contribution in [-0.4, -0.2) is 69.1 Å². The van der Waals surface area contributed by atoms with E-state index in [1.165, 1.54) is 19.2 Å². The number of carbonyl (C=O) groups excluding carboxylic acids is 4. The predicted octanol–water partition coefficient (Wildman–Crippen LogP) is 6.07. The van der Waals surface area contributed by atoms with Gasteiger partial charge in [-0.25, -0.2) is 14.4 Å². The van der Waals surface area contributed by atoms with Crippen LogP contribution < -0.4 is 14.8 Å². The topological polar surface area (TPSA) is 145 Å². The van der Waals surface area contributed by atoms with Crippen LogP contribution in [-0.2, 0) is 34.9 Å². The lowest BCUT2D eigenvalue weighted by Gasteiger charge is -2.21. The van der Waals surface area contributed by atoms with Crippen LogP contribution in [0, 0.1) is 17.8 Å². The van der Waals surface area contributed by atoms with Crippen LogP contribution in [0.4, 0.5) is 14.4 Å². The molecule has 0 fully saturated rings. The van der Waals surface area contributed by atoms with Crippen molar-refractivity contribution < 1.29 is 52.3 Å². The zero-order valence-corrected chi connectivity index (χ0v) is 27.1. The van der Waals surface area contributed by atoms with E-state index in [0.717, 1.165) is 0 Å². The van der Waals surface area contributed by atoms with Gasteiger partial charge in [-0.1, -0.05) is 47.6 Å². The van der Waals surface area contributed by atoms with Crippen molar-refractivity contribution in [3.8, 4) is 11.5 Å². The van der Waals surface area contributed by atoms with Gasteiger partial charge in [-0.3, -0.25) is 4.79 Å². The third kappa shape index (κ3) is 15.0. The molecule has 0 aliphatic rings. The van der Waals surface area contributed by atoms with Crippen molar-refractivity contribution in [3.63, 3.8) is 0 Å². The van der Waals surface area contributed by atoms with Crippen LogP contribution in [0.3, 0.4) is 0 Å². The fourth-order valence-corrected chi connectivity index (χ4v) is 3.19. The summed E-state index contributed by atoms with van der Waals surface area (Å²) in [6.07, 6.45) is -3.37. The molecule has 12 nitrogen and oxygen atoms in total. The Balaban J connectivity index is 3.06. The normalized spacial score (nSPS) is 14.0. The third-order valence-corrected chi connectivity index (χ3v) is 6.63. The van der Waals surface area contributed by atoms with E-state index in [1.807, 2.05) is 41.5 Å². The Morgan fingerprint density at radius 3 is 1.81 bits per heavy atom. The number of esters is 1. The van der Waals surface area contributed by atoms with Crippen molar-refractivity contribution in [3.05, 3.63) is 23.8 Å². The van der Waals surface area contributed by atoms with Crippen molar-refractivity contribution in [2.45, 2.75) is 99.5 Å². The number of hydrogen-bond donors (Lipinski definition) is 1. The Morgan fingerprint density at radius 1 is 0.744 bits per heavy atom. The van der Waals surface area contributed by atoms with Gasteiger partial charge in [0.1, 0.15) is 24.4 Å². The van der Waals surface area contributed by atoms with Crippen LogP contribution in [0.1, 0.15) is 74.3 Å². The number of ether oxygens (including phenoxy) is 7. The predicted molar refractivity (Wildman–Crippen MR) is 158 cm³/mol. The fraction of sp³-hybridized carbons (Fsp3) is 0.677. The molecule has 0 aliphatic heterocycles. The Labute approximate surface area is 255 Å². The summed E-state index contributed by atoms with van der Waals surface area (Å²) in [6.45, 7) is 17.1. The molecule has 0 spiro atoms. The summed E-state index contributed by atoms with van der Waals surface area (Å²) < 4.78 is 36.6. The number of methoxy groups -OCH3 is 1. The molecule has 1 aromatic carbocycles. The second-order valence-corrected chi connectivity index (χ2v) is 11.5. The van der Waals surface area contributed by atoms with Crippen LogP contribution >= 0.6 is 0 Å². The molecule has 0 heterocycles. The first-order valence-corrected chi connectivity index (χ1v) is 14.7. The van der Waals surface area contributed by atoms with E-state index in [-0.39, 0.29) is 42.9 Å². The SMILES string of the molecule is COC(=O)[C@H](Cc1ccc(OC(=O)OC(C)C(C)C)c(OC(=O)OC(C)C(C)C)c1)NCC(C)OC(=O)OCCC(C)C. The third-order valence-electron chi connectivity index (χ3n) is 6.63. The van der Waals surface area contributed by atoms with Crippen molar-refractivity contribution in [1.29, 1.82) is 0 Å². The van der Waals surface area contributed by atoms with Crippen LogP contribution in [0.25, 0.3) is 0 Å². The molecule has 1 N–H and O–H groups in total. The minimum Gasteiger partial charge on any atom is -0.468 e. The molecule has 0 bridgehead atoms. The maximum Gasteiger partial charge on any atom is 0.514 e. The molecule has 3 unspecified atom stereocenters. The molecule has 0 radical (unpaired) electrons. The van der Waals surface area contributed by atoms with Crippen molar-refractivity contribution in [1.82, 2.24) is 5.32 Å². The second kappa shape index (κ2) is 18.9. The van der Waals surface area contributed by atoms with Crippen molar-refractivity contribution in [2.24, 2.45) is 17.8 Å². The molecular weight excluding hydrogens is 562 g/mol. The largest absolute Gasteiger partial charge is 0.514 e. The summed E-state index contributed by atoms with van der Waals surface area (Å²) in [5.74, 6) is -0.245. The summed E-state index contributed by atoms with van der Waals surface area (Å²) in [5, 5.41) is 3.03. The van der Waals surface area contributed by atoms with E-state index in [2.05, 4.69) is 5.32 Å². The maximum atomic E-state index is 12.6. The highest BCUT2D eigenvalue weighted by Crippen LogP contribution is 2.30. The molecule has 0 aromatic heterocycles. The molecule has 1 aromatic rings. The minimum absolute atomic E-state index is 0.0438. The minimum atomic E-state index is -0.985.